The van der Waals surface area contributed by atoms with Crippen LogP contribution in [0.4, 0.5) is 0 Å². The van der Waals surface area contributed by atoms with Crippen molar-refractivity contribution < 1.29 is 19.1 Å². The number of ether oxygens (including phenoxy) is 2. The van der Waals surface area contributed by atoms with Crippen molar-refractivity contribution in [1.29, 1.82) is 0 Å². The molecule has 0 radical (unpaired) electrons. The van der Waals surface area contributed by atoms with Gasteiger partial charge in [-0.2, -0.15) is 0 Å². The third-order valence-electron chi connectivity index (χ3n) is 9.58. The molecule has 3 aliphatic rings. The highest BCUT2D eigenvalue weighted by molar-refractivity contribution is 5.99. The number of aromatic amines is 1. The van der Waals surface area contributed by atoms with Crippen molar-refractivity contribution >= 4 is 11.9 Å². The number of benzene rings is 1. The van der Waals surface area contributed by atoms with Crippen LogP contribution < -0.4 is 5.32 Å². The summed E-state index contributed by atoms with van der Waals surface area (Å²) in [6.07, 6.45) is 18.7. The van der Waals surface area contributed by atoms with E-state index < -0.39 is 17.9 Å². The minimum Gasteiger partial charge on any atom is -0.462 e. The lowest BCUT2D eigenvalue weighted by molar-refractivity contribution is -0.140. The van der Waals surface area contributed by atoms with Gasteiger partial charge >= 0.3 is 11.9 Å². The fourth-order valence-electron chi connectivity index (χ4n) is 7.25. The fraction of sp³-hybridized carbons (Fsp3) is 0.583. The molecule has 2 saturated carbocycles. The molecule has 0 amide bonds. The molecule has 1 aromatic carbocycles. The fourth-order valence-corrected chi connectivity index (χ4v) is 7.25. The Bertz CT molecular complexity index is 1220. The molecule has 2 heterocycles. The molecule has 5 rings (SSSR count). The van der Waals surface area contributed by atoms with Crippen LogP contribution in [-0.4, -0.2) is 35.1 Å². The molecule has 0 atom stereocenters. The Morgan fingerprint density at radius 3 is 1.79 bits per heavy atom. The first-order chi connectivity index (χ1) is 21.0. The predicted octanol–water partition coefficient (Wildman–Crippen LogP) is 8.12. The quantitative estimate of drug-likeness (QED) is 0.192. The van der Waals surface area contributed by atoms with Crippen LogP contribution in [0.25, 0.3) is 11.4 Å². The van der Waals surface area contributed by atoms with Crippen LogP contribution in [0.5, 0.6) is 0 Å². The summed E-state index contributed by atoms with van der Waals surface area (Å²) in [4.78, 5) is 35.4. The van der Waals surface area contributed by atoms with E-state index in [4.69, 9.17) is 9.47 Å². The summed E-state index contributed by atoms with van der Waals surface area (Å²) in [7, 11) is 0. The Kier molecular flexibility index (Phi) is 11.1. The second-order valence-electron chi connectivity index (χ2n) is 12.8. The van der Waals surface area contributed by atoms with Crippen LogP contribution in [0.2, 0.25) is 0 Å². The lowest BCUT2D eigenvalue weighted by atomic mass is 9.83. The maximum Gasteiger partial charge on any atom is 0.336 e. The number of rotatable bonds is 12. The van der Waals surface area contributed by atoms with Crippen LogP contribution in [0.1, 0.15) is 115 Å². The second kappa shape index (κ2) is 15.4. The summed E-state index contributed by atoms with van der Waals surface area (Å²) in [5, 5.41) is 3.29. The Balaban J connectivity index is 1.31. The minimum atomic E-state index is -0.664. The number of H-pyrrole nitrogens is 1. The smallest absolute Gasteiger partial charge is 0.336 e. The van der Waals surface area contributed by atoms with Crippen LogP contribution in [-0.2, 0) is 19.1 Å². The van der Waals surface area contributed by atoms with Crippen molar-refractivity contribution in [3.05, 3.63) is 64.8 Å². The predicted molar refractivity (Wildman–Crippen MR) is 169 cm³/mol. The summed E-state index contributed by atoms with van der Waals surface area (Å²) in [6.45, 7) is 4.49. The molecule has 0 spiro atoms. The topological polar surface area (TPSA) is 93.3 Å². The average molecular weight is 588 g/mol. The number of carbonyl (C=O) groups excluding carboxylic acids is 2. The van der Waals surface area contributed by atoms with Gasteiger partial charge in [0.15, 0.2) is 0 Å². The summed E-state index contributed by atoms with van der Waals surface area (Å²) < 4.78 is 11.7. The SMILES string of the molecule is CC1=C(C(=O)OCCCC2CCCCC2)C(c2cnc(-c3ccccc3)[nH]2)C(C(=O)OCCCC2CCCCC2)=C(C)N1. The molecule has 1 aromatic heterocycles. The van der Waals surface area contributed by atoms with Crippen molar-refractivity contribution in [2.24, 2.45) is 11.8 Å². The van der Waals surface area contributed by atoms with E-state index in [2.05, 4.69) is 15.3 Å². The largest absolute Gasteiger partial charge is 0.462 e. The van der Waals surface area contributed by atoms with Crippen LogP contribution in [0, 0.1) is 11.8 Å². The average Bonchev–Trinajstić information content (AvgIpc) is 3.52. The van der Waals surface area contributed by atoms with Crippen molar-refractivity contribution in [3.63, 3.8) is 0 Å². The van der Waals surface area contributed by atoms with E-state index in [9.17, 15) is 9.59 Å². The molecule has 43 heavy (non-hydrogen) atoms. The summed E-state index contributed by atoms with van der Waals surface area (Å²) in [5.74, 6) is 0.704. The van der Waals surface area contributed by atoms with Crippen LogP contribution >= 0.6 is 0 Å². The highest BCUT2D eigenvalue weighted by Crippen LogP contribution is 2.39. The second-order valence-corrected chi connectivity index (χ2v) is 12.8. The summed E-state index contributed by atoms with van der Waals surface area (Å²) in [6, 6.07) is 9.85. The molecule has 232 valence electrons. The molecule has 2 aromatic rings. The number of nitrogens with zero attached hydrogens (tertiary/aromatic N) is 1. The Hall–Kier alpha value is -3.35. The molecule has 7 nitrogen and oxygen atoms in total. The molecule has 0 saturated heterocycles. The number of esters is 2. The lowest BCUT2D eigenvalue weighted by Gasteiger charge is -2.29. The molecule has 1 aliphatic heterocycles. The molecule has 2 fully saturated rings. The van der Waals surface area contributed by atoms with Gasteiger partial charge in [0.05, 0.1) is 30.3 Å². The highest BCUT2D eigenvalue weighted by atomic mass is 16.5. The summed E-state index contributed by atoms with van der Waals surface area (Å²) >= 11 is 0. The van der Waals surface area contributed by atoms with Crippen molar-refractivity contribution in [1.82, 2.24) is 15.3 Å². The monoisotopic (exact) mass is 587 g/mol. The molecular weight excluding hydrogens is 538 g/mol. The Labute approximate surface area is 256 Å². The molecule has 7 heteroatoms. The lowest BCUT2D eigenvalue weighted by Crippen LogP contribution is -2.33. The number of hydrogen-bond donors (Lipinski definition) is 2. The first-order valence-electron chi connectivity index (χ1n) is 16.6. The Morgan fingerprint density at radius 2 is 1.28 bits per heavy atom. The number of imidazole rings is 1. The number of aromatic nitrogens is 2. The maximum atomic E-state index is 13.7. The van der Waals surface area contributed by atoms with E-state index in [0.717, 1.165) is 43.1 Å². The zero-order valence-corrected chi connectivity index (χ0v) is 26.1. The van der Waals surface area contributed by atoms with E-state index in [1.165, 1.54) is 64.2 Å². The van der Waals surface area contributed by atoms with Crippen molar-refractivity contribution in [2.75, 3.05) is 13.2 Å². The van der Waals surface area contributed by atoms with Gasteiger partial charge < -0.3 is 19.8 Å². The van der Waals surface area contributed by atoms with Gasteiger partial charge in [0, 0.05) is 28.8 Å². The minimum absolute atomic E-state index is 0.376. The number of dihydropyridines is 1. The number of hydrogen-bond acceptors (Lipinski definition) is 6. The molecule has 2 N–H and O–H groups in total. The van der Waals surface area contributed by atoms with Gasteiger partial charge in [0.2, 0.25) is 0 Å². The highest BCUT2D eigenvalue weighted by Gasteiger charge is 2.39. The first kappa shape index (κ1) is 31.1. The maximum absolute atomic E-state index is 13.7. The van der Waals surface area contributed by atoms with E-state index in [1.54, 1.807) is 6.20 Å². The third kappa shape index (κ3) is 8.18. The number of nitrogens with one attached hydrogen (secondary N) is 2. The van der Waals surface area contributed by atoms with Crippen LogP contribution in [0.3, 0.4) is 0 Å². The first-order valence-corrected chi connectivity index (χ1v) is 16.6. The van der Waals surface area contributed by atoms with E-state index in [1.807, 2.05) is 44.2 Å². The van der Waals surface area contributed by atoms with Crippen molar-refractivity contribution in [2.45, 2.75) is 110 Å². The van der Waals surface area contributed by atoms with Gasteiger partial charge in [-0.3, -0.25) is 0 Å². The number of carbonyl (C=O) groups is 2. The molecule has 0 bridgehead atoms. The molecule has 2 aliphatic carbocycles. The van der Waals surface area contributed by atoms with Gasteiger partial charge in [-0.25, -0.2) is 14.6 Å². The van der Waals surface area contributed by atoms with E-state index in [0.29, 0.717) is 47.3 Å². The van der Waals surface area contributed by atoms with E-state index >= 15 is 0 Å². The zero-order chi connectivity index (χ0) is 30.0. The van der Waals surface area contributed by atoms with Gasteiger partial charge in [0.25, 0.3) is 0 Å². The third-order valence-corrected chi connectivity index (χ3v) is 9.58. The van der Waals surface area contributed by atoms with Crippen molar-refractivity contribution in [3.8, 4) is 11.4 Å². The zero-order valence-electron chi connectivity index (χ0n) is 26.1. The number of allylic oxidation sites excluding steroid dienone is 2. The molecular formula is C36H49N3O4. The van der Waals surface area contributed by atoms with Crippen LogP contribution in [0.15, 0.2) is 59.1 Å². The van der Waals surface area contributed by atoms with Gasteiger partial charge in [-0.05, 0) is 51.4 Å². The van der Waals surface area contributed by atoms with Gasteiger partial charge in [0.1, 0.15) is 5.82 Å². The van der Waals surface area contributed by atoms with E-state index in [-0.39, 0.29) is 0 Å². The normalized spacial score (nSPS) is 18.9. The molecule has 0 unspecified atom stereocenters. The summed E-state index contributed by atoms with van der Waals surface area (Å²) in [5.41, 5.74) is 3.83. The standard InChI is InChI=1S/C36H49N3O4/c1-25-31(35(40)42-22-12-18-27-14-6-3-7-15-27)33(30-24-37-34(39-30)29-20-10-5-11-21-29)32(26(2)38-25)36(41)43-23-13-19-28-16-8-4-9-17-28/h5,10-11,20-21,24,27-28,33,38H,3-4,6-9,12-19,22-23H2,1-2H3,(H,37,39). The van der Waals surface area contributed by atoms with Gasteiger partial charge in [-0.15, -0.1) is 0 Å². The Morgan fingerprint density at radius 1 is 0.767 bits per heavy atom. The van der Waals surface area contributed by atoms with Gasteiger partial charge in [-0.1, -0.05) is 94.5 Å².